The summed E-state index contributed by atoms with van der Waals surface area (Å²) in [5.41, 5.74) is 0. The van der Waals surface area contributed by atoms with Crippen LogP contribution in [0.25, 0.3) is 0 Å². The van der Waals surface area contributed by atoms with E-state index < -0.39 is 18.0 Å². The fraction of sp³-hybridized carbons (Fsp3) is 0.714. The zero-order valence-corrected chi connectivity index (χ0v) is 7.25. The molecule has 0 aliphatic heterocycles. The summed E-state index contributed by atoms with van der Waals surface area (Å²) in [5.74, 6) is -4.52. The Morgan fingerprint density at radius 3 is 1.69 bits per heavy atom. The van der Waals surface area contributed by atoms with Gasteiger partial charge in [0.2, 0.25) is 5.95 Å². The number of nitrogens with zero attached hydrogens (tertiary/aromatic N) is 1. The molecule has 0 heterocycles. The van der Waals surface area contributed by atoms with Gasteiger partial charge in [-0.25, -0.2) is 0 Å². The van der Waals surface area contributed by atoms with Crippen LogP contribution in [0.15, 0.2) is 11.8 Å². The fourth-order valence-corrected chi connectivity index (χ4v) is 0.757. The van der Waals surface area contributed by atoms with Gasteiger partial charge in [-0.3, -0.25) is 0 Å². The Kier molecular flexibility index (Phi) is 4.16. The first-order chi connectivity index (χ1) is 5.84. The summed E-state index contributed by atoms with van der Waals surface area (Å²) >= 11 is 0. The zero-order valence-electron chi connectivity index (χ0n) is 7.25. The first-order valence-corrected chi connectivity index (χ1v) is 3.72. The van der Waals surface area contributed by atoms with Crippen molar-refractivity contribution < 1.29 is 22.0 Å². The SMILES string of the molecule is CCN(CC)/C(F)=C(\F)C(F)(F)F. The highest BCUT2D eigenvalue weighted by molar-refractivity contribution is 5.04. The Hall–Kier alpha value is -0.810. The van der Waals surface area contributed by atoms with Gasteiger partial charge < -0.3 is 4.90 Å². The van der Waals surface area contributed by atoms with Crippen LogP contribution in [0.1, 0.15) is 13.8 Å². The first-order valence-electron chi connectivity index (χ1n) is 3.72. The summed E-state index contributed by atoms with van der Waals surface area (Å²) in [6, 6.07) is 0. The third-order valence-electron chi connectivity index (χ3n) is 1.47. The molecule has 78 valence electrons. The number of hydrogen-bond acceptors (Lipinski definition) is 1. The summed E-state index contributed by atoms with van der Waals surface area (Å²) < 4.78 is 59.8. The standard InChI is InChI=1S/C7H10F5N/c1-3-13(4-2)6(9)5(8)7(10,11)12/h3-4H2,1-2H3/b6-5-. The van der Waals surface area contributed by atoms with Gasteiger partial charge in [-0.1, -0.05) is 0 Å². The van der Waals surface area contributed by atoms with Gasteiger partial charge in [0, 0.05) is 13.1 Å². The minimum atomic E-state index is -5.24. The van der Waals surface area contributed by atoms with E-state index in [0.29, 0.717) is 4.90 Å². The van der Waals surface area contributed by atoms with Crippen LogP contribution in [-0.2, 0) is 0 Å². The van der Waals surface area contributed by atoms with Crippen LogP contribution in [-0.4, -0.2) is 24.2 Å². The second kappa shape index (κ2) is 4.43. The molecule has 0 aromatic carbocycles. The van der Waals surface area contributed by atoms with Crippen molar-refractivity contribution in [2.24, 2.45) is 0 Å². The number of hydrogen-bond donors (Lipinski definition) is 0. The first kappa shape index (κ1) is 12.2. The van der Waals surface area contributed by atoms with E-state index in [1.165, 1.54) is 13.8 Å². The highest BCUT2D eigenvalue weighted by atomic mass is 19.4. The van der Waals surface area contributed by atoms with Gasteiger partial charge in [-0.2, -0.15) is 22.0 Å². The number of rotatable bonds is 3. The van der Waals surface area contributed by atoms with Crippen molar-refractivity contribution >= 4 is 0 Å². The smallest absolute Gasteiger partial charge is 0.347 e. The molecule has 0 saturated carbocycles. The summed E-state index contributed by atoms with van der Waals surface area (Å²) in [5, 5.41) is 0. The lowest BCUT2D eigenvalue weighted by molar-refractivity contribution is -0.113. The molecule has 13 heavy (non-hydrogen) atoms. The normalized spacial score (nSPS) is 14.1. The van der Waals surface area contributed by atoms with E-state index in [0.717, 1.165) is 0 Å². The Bertz CT molecular complexity index is 192. The maximum absolute atomic E-state index is 12.7. The summed E-state index contributed by atoms with van der Waals surface area (Å²) in [4.78, 5) is 0.656. The van der Waals surface area contributed by atoms with Crippen molar-refractivity contribution in [3.63, 3.8) is 0 Å². The predicted octanol–water partition coefficient (Wildman–Crippen LogP) is 3.00. The van der Waals surface area contributed by atoms with Gasteiger partial charge in [0.05, 0.1) is 0 Å². The monoisotopic (exact) mass is 203 g/mol. The molecule has 0 aliphatic carbocycles. The van der Waals surface area contributed by atoms with Crippen LogP contribution in [0.3, 0.4) is 0 Å². The molecule has 0 unspecified atom stereocenters. The van der Waals surface area contributed by atoms with E-state index in [2.05, 4.69) is 0 Å². The van der Waals surface area contributed by atoms with Gasteiger partial charge in [0.1, 0.15) is 0 Å². The molecule has 0 atom stereocenters. The summed E-state index contributed by atoms with van der Waals surface area (Å²) in [6.07, 6.45) is -5.24. The van der Waals surface area contributed by atoms with Crippen LogP contribution < -0.4 is 0 Å². The van der Waals surface area contributed by atoms with Crippen molar-refractivity contribution in [2.45, 2.75) is 20.0 Å². The van der Waals surface area contributed by atoms with Crippen LogP contribution in [0.4, 0.5) is 22.0 Å². The van der Waals surface area contributed by atoms with E-state index in [1.807, 2.05) is 0 Å². The minimum Gasteiger partial charge on any atom is -0.347 e. The van der Waals surface area contributed by atoms with Crippen molar-refractivity contribution in [3.8, 4) is 0 Å². The quantitative estimate of drug-likeness (QED) is 0.503. The second-order valence-electron chi connectivity index (χ2n) is 2.27. The maximum Gasteiger partial charge on any atom is 0.447 e. The van der Waals surface area contributed by atoms with Gasteiger partial charge in [-0.05, 0) is 13.8 Å². The van der Waals surface area contributed by atoms with E-state index >= 15 is 0 Å². The molecule has 0 radical (unpaired) electrons. The van der Waals surface area contributed by atoms with E-state index in [1.54, 1.807) is 0 Å². The molecule has 0 rings (SSSR count). The molecule has 0 bridgehead atoms. The lowest BCUT2D eigenvalue weighted by atomic mass is 10.4. The lowest BCUT2D eigenvalue weighted by Crippen LogP contribution is -2.24. The van der Waals surface area contributed by atoms with E-state index in [4.69, 9.17) is 0 Å². The Morgan fingerprint density at radius 1 is 1.08 bits per heavy atom. The Labute approximate surface area is 72.8 Å². The van der Waals surface area contributed by atoms with Gasteiger partial charge >= 0.3 is 6.18 Å². The van der Waals surface area contributed by atoms with Crippen LogP contribution >= 0.6 is 0 Å². The third kappa shape index (κ3) is 3.20. The van der Waals surface area contributed by atoms with Crippen LogP contribution in [0.5, 0.6) is 0 Å². The Balaban J connectivity index is 4.79. The van der Waals surface area contributed by atoms with Gasteiger partial charge in [0.25, 0.3) is 5.83 Å². The number of alkyl halides is 3. The van der Waals surface area contributed by atoms with E-state index in [9.17, 15) is 22.0 Å². The van der Waals surface area contributed by atoms with Gasteiger partial charge in [0.15, 0.2) is 0 Å². The Morgan fingerprint density at radius 2 is 1.46 bits per heavy atom. The van der Waals surface area contributed by atoms with Gasteiger partial charge in [-0.15, -0.1) is 0 Å². The molecule has 0 spiro atoms. The van der Waals surface area contributed by atoms with Crippen molar-refractivity contribution in [1.82, 2.24) is 4.90 Å². The number of allylic oxidation sites excluding steroid dienone is 1. The lowest BCUT2D eigenvalue weighted by Gasteiger charge is -2.19. The molecule has 0 aromatic heterocycles. The molecular weight excluding hydrogens is 193 g/mol. The van der Waals surface area contributed by atoms with Crippen LogP contribution in [0, 0.1) is 0 Å². The molecule has 0 aliphatic rings. The zero-order chi connectivity index (χ0) is 10.6. The predicted molar refractivity (Wildman–Crippen MR) is 38.2 cm³/mol. The second-order valence-corrected chi connectivity index (χ2v) is 2.27. The highest BCUT2D eigenvalue weighted by Gasteiger charge is 2.39. The topological polar surface area (TPSA) is 3.24 Å². The highest BCUT2D eigenvalue weighted by Crippen LogP contribution is 2.30. The fourth-order valence-electron chi connectivity index (χ4n) is 0.757. The van der Waals surface area contributed by atoms with Crippen molar-refractivity contribution in [1.29, 1.82) is 0 Å². The molecule has 0 amide bonds. The maximum atomic E-state index is 12.7. The van der Waals surface area contributed by atoms with Crippen LogP contribution in [0.2, 0.25) is 0 Å². The van der Waals surface area contributed by atoms with Crippen molar-refractivity contribution in [2.75, 3.05) is 13.1 Å². The average Bonchev–Trinajstić information content (AvgIpc) is 2.03. The molecule has 0 fully saturated rings. The molecule has 0 saturated heterocycles. The number of halogens is 5. The average molecular weight is 203 g/mol. The molecular formula is C7H10F5N. The molecule has 6 heteroatoms. The largest absolute Gasteiger partial charge is 0.447 e. The molecule has 0 N–H and O–H groups in total. The van der Waals surface area contributed by atoms with E-state index in [-0.39, 0.29) is 13.1 Å². The molecule has 1 nitrogen and oxygen atoms in total. The summed E-state index contributed by atoms with van der Waals surface area (Å²) in [6.45, 7) is 2.86. The minimum absolute atomic E-state index is 0.00810. The van der Waals surface area contributed by atoms with Crippen molar-refractivity contribution in [3.05, 3.63) is 11.8 Å². The third-order valence-corrected chi connectivity index (χ3v) is 1.47. The molecule has 0 aromatic rings. The summed E-state index contributed by atoms with van der Waals surface area (Å²) in [7, 11) is 0.